The van der Waals surface area contributed by atoms with Crippen LogP contribution >= 0.6 is 0 Å². The molecule has 0 aliphatic heterocycles. The number of hydrogen-bond acceptors (Lipinski definition) is 3. The van der Waals surface area contributed by atoms with E-state index in [4.69, 9.17) is 5.11 Å². The van der Waals surface area contributed by atoms with Crippen molar-refractivity contribution in [1.82, 2.24) is 4.31 Å². The molecule has 0 saturated carbocycles. The van der Waals surface area contributed by atoms with Gasteiger partial charge in [0.2, 0.25) is 0 Å². The van der Waals surface area contributed by atoms with Crippen molar-refractivity contribution in [3.05, 3.63) is 0 Å². The first-order chi connectivity index (χ1) is 6.99. The number of carboxylic acid groups (broad SMARTS) is 1. The van der Waals surface area contributed by atoms with E-state index in [1.807, 2.05) is 0 Å². The molecule has 0 heterocycles. The third-order valence-electron chi connectivity index (χ3n) is 2.12. The van der Waals surface area contributed by atoms with Gasteiger partial charge in [-0.15, -0.1) is 4.36 Å². The monoisotopic (exact) mass is 250 g/mol. The first-order valence-corrected chi connectivity index (χ1v) is 6.53. The minimum absolute atomic E-state index is 0.263. The van der Waals surface area contributed by atoms with E-state index in [2.05, 4.69) is 4.36 Å². The molecule has 0 saturated heterocycles. The number of carbonyl (C=O) groups excluding carboxylic acids is 1. The van der Waals surface area contributed by atoms with E-state index in [1.54, 1.807) is 14.1 Å². The van der Waals surface area contributed by atoms with E-state index < -0.39 is 27.2 Å². The SMILES string of the molecule is CN(C)S(C)(=O)=NC(=O)CC(C)(C)C(=O)O. The molecule has 0 aromatic heterocycles. The highest BCUT2D eigenvalue weighted by Gasteiger charge is 2.30. The normalized spacial score (nSPS) is 15.6. The molecule has 1 atom stereocenters. The van der Waals surface area contributed by atoms with Gasteiger partial charge in [-0.25, -0.2) is 8.51 Å². The van der Waals surface area contributed by atoms with Gasteiger partial charge in [0.15, 0.2) is 0 Å². The topological polar surface area (TPSA) is 87.0 Å². The Labute approximate surface area is 95.9 Å². The lowest BCUT2D eigenvalue weighted by Crippen LogP contribution is -2.28. The second kappa shape index (κ2) is 4.92. The molecular weight excluding hydrogens is 232 g/mol. The Bertz CT molecular complexity index is 406. The molecule has 0 bridgehead atoms. The predicted octanol–water partition coefficient (Wildman–Crippen LogP) is 0.588. The lowest BCUT2D eigenvalue weighted by Gasteiger charge is -2.17. The molecule has 0 aliphatic carbocycles. The van der Waals surface area contributed by atoms with Crippen LogP contribution in [-0.2, 0) is 19.5 Å². The molecule has 1 unspecified atom stereocenters. The van der Waals surface area contributed by atoms with E-state index in [-0.39, 0.29) is 6.42 Å². The Morgan fingerprint density at radius 3 is 2.12 bits per heavy atom. The summed E-state index contributed by atoms with van der Waals surface area (Å²) < 4.78 is 16.6. The summed E-state index contributed by atoms with van der Waals surface area (Å²) >= 11 is 0. The van der Waals surface area contributed by atoms with Gasteiger partial charge in [0.1, 0.15) is 9.92 Å². The van der Waals surface area contributed by atoms with E-state index >= 15 is 0 Å². The van der Waals surface area contributed by atoms with Crippen molar-refractivity contribution in [1.29, 1.82) is 0 Å². The number of carbonyl (C=O) groups is 2. The standard InChI is InChI=1S/C9H18N2O4S/c1-9(2,8(13)14)6-7(12)10-16(5,15)11(3)4/h6H2,1-5H3,(H,13,14). The van der Waals surface area contributed by atoms with E-state index in [1.165, 1.54) is 24.4 Å². The Morgan fingerprint density at radius 2 is 1.81 bits per heavy atom. The number of carboxylic acids is 1. The summed E-state index contributed by atoms with van der Waals surface area (Å²) in [5.41, 5.74) is -1.19. The summed E-state index contributed by atoms with van der Waals surface area (Å²) in [7, 11) is 0.357. The van der Waals surface area contributed by atoms with Crippen LogP contribution in [0.5, 0.6) is 0 Å². The van der Waals surface area contributed by atoms with E-state index in [0.717, 1.165) is 0 Å². The van der Waals surface area contributed by atoms with Crippen LogP contribution in [0.15, 0.2) is 4.36 Å². The Hall–Kier alpha value is -0.950. The number of aliphatic carboxylic acids is 1. The molecule has 0 radical (unpaired) electrons. The molecular formula is C9H18N2O4S. The van der Waals surface area contributed by atoms with Gasteiger partial charge in [0.25, 0.3) is 5.91 Å². The van der Waals surface area contributed by atoms with Crippen molar-refractivity contribution in [3.63, 3.8) is 0 Å². The molecule has 0 spiro atoms. The van der Waals surface area contributed by atoms with Crippen LogP contribution in [0.2, 0.25) is 0 Å². The van der Waals surface area contributed by atoms with Gasteiger partial charge < -0.3 is 5.11 Å². The summed E-state index contributed by atoms with van der Waals surface area (Å²) in [5, 5.41) is 8.82. The molecule has 0 aliphatic rings. The molecule has 1 amide bonds. The summed E-state index contributed by atoms with van der Waals surface area (Å²) in [6.07, 6.45) is 1.07. The van der Waals surface area contributed by atoms with Crippen LogP contribution in [0.3, 0.4) is 0 Å². The third kappa shape index (κ3) is 4.28. The average Bonchev–Trinajstić information content (AvgIpc) is 2.00. The van der Waals surface area contributed by atoms with Crippen LogP contribution in [0.25, 0.3) is 0 Å². The molecule has 7 heteroatoms. The third-order valence-corrected chi connectivity index (χ3v) is 4.02. The minimum Gasteiger partial charge on any atom is -0.481 e. The number of nitrogens with zero attached hydrogens (tertiary/aromatic N) is 2. The zero-order chi connectivity index (χ0) is 13.1. The molecule has 6 nitrogen and oxygen atoms in total. The highest BCUT2D eigenvalue weighted by Crippen LogP contribution is 2.21. The fraction of sp³-hybridized carbons (Fsp3) is 0.778. The van der Waals surface area contributed by atoms with Crippen LogP contribution in [0.4, 0.5) is 0 Å². The van der Waals surface area contributed by atoms with Gasteiger partial charge in [-0.2, -0.15) is 0 Å². The lowest BCUT2D eigenvalue weighted by atomic mass is 9.89. The van der Waals surface area contributed by atoms with E-state index in [9.17, 15) is 13.8 Å². The first kappa shape index (κ1) is 15.0. The van der Waals surface area contributed by atoms with E-state index in [0.29, 0.717) is 0 Å². The maximum atomic E-state index is 11.7. The quantitative estimate of drug-likeness (QED) is 0.791. The van der Waals surface area contributed by atoms with Crippen molar-refractivity contribution in [3.8, 4) is 0 Å². The highest BCUT2D eigenvalue weighted by molar-refractivity contribution is 7.90. The van der Waals surface area contributed by atoms with Gasteiger partial charge in [0, 0.05) is 26.8 Å². The smallest absolute Gasteiger partial charge is 0.309 e. The van der Waals surface area contributed by atoms with Gasteiger partial charge in [-0.05, 0) is 13.8 Å². The minimum atomic E-state index is -2.73. The van der Waals surface area contributed by atoms with Gasteiger partial charge >= 0.3 is 5.97 Å². The fourth-order valence-electron chi connectivity index (χ4n) is 0.757. The fourth-order valence-corrected chi connectivity index (χ4v) is 1.36. The van der Waals surface area contributed by atoms with Gasteiger partial charge in [-0.3, -0.25) is 9.59 Å². The predicted molar refractivity (Wildman–Crippen MR) is 61.2 cm³/mol. The zero-order valence-corrected chi connectivity index (χ0v) is 11.0. The van der Waals surface area contributed by atoms with Crippen molar-refractivity contribution < 1.29 is 18.9 Å². The van der Waals surface area contributed by atoms with Crippen molar-refractivity contribution in [2.24, 2.45) is 9.78 Å². The summed E-state index contributed by atoms with van der Waals surface area (Å²) in [4.78, 5) is 22.2. The number of amides is 1. The van der Waals surface area contributed by atoms with Crippen molar-refractivity contribution in [2.75, 3.05) is 20.4 Å². The Kier molecular flexibility index (Phi) is 4.63. The van der Waals surface area contributed by atoms with Crippen LogP contribution in [0.1, 0.15) is 20.3 Å². The number of rotatable bonds is 4. The molecule has 16 heavy (non-hydrogen) atoms. The van der Waals surface area contributed by atoms with Crippen LogP contribution in [0, 0.1) is 5.41 Å². The number of hydrogen-bond donors (Lipinski definition) is 1. The molecule has 0 aromatic rings. The molecule has 0 rings (SSSR count). The summed E-state index contributed by atoms with van der Waals surface area (Å²) in [5.74, 6) is -1.74. The van der Waals surface area contributed by atoms with Gasteiger partial charge in [-0.1, -0.05) is 0 Å². The van der Waals surface area contributed by atoms with Gasteiger partial charge in [0.05, 0.1) is 5.41 Å². The summed E-state index contributed by atoms with van der Waals surface area (Å²) in [6.45, 7) is 2.85. The first-order valence-electron chi connectivity index (χ1n) is 4.65. The second-order valence-electron chi connectivity index (χ2n) is 4.43. The van der Waals surface area contributed by atoms with Crippen molar-refractivity contribution in [2.45, 2.75) is 20.3 Å². The van der Waals surface area contributed by atoms with Crippen LogP contribution < -0.4 is 0 Å². The lowest BCUT2D eigenvalue weighted by molar-refractivity contribution is -0.149. The average molecular weight is 250 g/mol. The highest BCUT2D eigenvalue weighted by atomic mass is 32.2. The maximum Gasteiger partial charge on any atom is 0.309 e. The summed E-state index contributed by atoms with van der Waals surface area (Å²) in [6, 6.07) is 0. The largest absolute Gasteiger partial charge is 0.481 e. The zero-order valence-electron chi connectivity index (χ0n) is 10.2. The maximum absolute atomic E-state index is 11.7. The molecule has 0 fully saturated rings. The second-order valence-corrected chi connectivity index (χ2v) is 6.86. The Morgan fingerprint density at radius 1 is 1.38 bits per heavy atom. The molecule has 94 valence electrons. The van der Waals surface area contributed by atoms with Crippen molar-refractivity contribution >= 4 is 21.8 Å². The molecule has 0 aromatic carbocycles. The molecule has 1 N–H and O–H groups in total. The Balaban J connectivity index is 4.90. The van der Waals surface area contributed by atoms with Crippen LogP contribution in [-0.4, -0.2) is 45.8 Å².